The average Bonchev–Trinajstić information content (AvgIpc) is 2.78. The molecule has 1 fully saturated rings. The maximum Gasteiger partial charge on any atom is 0.257 e. The van der Waals surface area contributed by atoms with Gasteiger partial charge in [0.15, 0.2) is 6.61 Å². The molecule has 0 saturated carbocycles. The molecule has 1 amide bonds. The van der Waals surface area contributed by atoms with E-state index in [1.54, 1.807) is 0 Å². The number of carbonyl (C=O) groups excluding carboxylic acids is 1. The van der Waals surface area contributed by atoms with Gasteiger partial charge in [0.1, 0.15) is 11.5 Å². The summed E-state index contributed by atoms with van der Waals surface area (Å²) < 4.78 is 16.8. The number of rotatable bonds is 9. The minimum Gasteiger partial charge on any atom is -0.494 e. The number of nitrogens with one attached hydrogen (secondary N) is 1. The number of amides is 1. The first-order chi connectivity index (χ1) is 14.1. The van der Waals surface area contributed by atoms with Crippen molar-refractivity contribution in [1.29, 1.82) is 0 Å². The smallest absolute Gasteiger partial charge is 0.257 e. The highest BCUT2D eigenvalue weighted by Gasteiger charge is 2.34. The Morgan fingerprint density at radius 3 is 2.21 bits per heavy atom. The molecule has 1 heterocycles. The number of carbonyl (C=O) groups is 1. The van der Waals surface area contributed by atoms with Crippen LogP contribution in [0, 0.1) is 0 Å². The lowest BCUT2D eigenvalue weighted by atomic mass is 9.74. The fraction of sp³-hybridized carbons (Fsp3) is 0.458. The number of benzene rings is 2. The van der Waals surface area contributed by atoms with Crippen LogP contribution < -0.4 is 14.8 Å². The van der Waals surface area contributed by atoms with Crippen molar-refractivity contribution in [2.24, 2.45) is 0 Å². The summed E-state index contributed by atoms with van der Waals surface area (Å²) in [7, 11) is 0. The minimum absolute atomic E-state index is 0.0152. The highest BCUT2D eigenvalue weighted by Crippen LogP contribution is 2.35. The first-order valence-corrected chi connectivity index (χ1v) is 10.4. The van der Waals surface area contributed by atoms with Crippen molar-refractivity contribution in [1.82, 2.24) is 5.32 Å². The van der Waals surface area contributed by atoms with Gasteiger partial charge in [0.05, 0.1) is 6.61 Å². The van der Waals surface area contributed by atoms with Crippen molar-refractivity contribution < 1.29 is 19.0 Å². The van der Waals surface area contributed by atoms with E-state index in [1.165, 1.54) is 11.1 Å². The van der Waals surface area contributed by atoms with Crippen molar-refractivity contribution in [3.05, 3.63) is 59.7 Å². The van der Waals surface area contributed by atoms with Gasteiger partial charge >= 0.3 is 0 Å². The molecule has 0 radical (unpaired) electrons. The summed E-state index contributed by atoms with van der Waals surface area (Å²) in [4.78, 5) is 12.4. The summed E-state index contributed by atoms with van der Waals surface area (Å²) in [5, 5.41) is 3.07. The minimum atomic E-state index is -0.124. The molecule has 0 bridgehead atoms. The fourth-order valence-corrected chi connectivity index (χ4v) is 3.69. The molecule has 1 N–H and O–H groups in total. The van der Waals surface area contributed by atoms with Crippen LogP contribution in [0.5, 0.6) is 11.5 Å². The van der Waals surface area contributed by atoms with Gasteiger partial charge in [-0.3, -0.25) is 4.79 Å². The van der Waals surface area contributed by atoms with Gasteiger partial charge < -0.3 is 19.5 Å². The lowest BCUT2D eigenvalue weighted by molar-refractivity contribution is -0.123. The first kappa shape index (κ1) is 21.2. The summed E-state index contributed by atoms with van der Waals surface area (Å²) in [5.74, 6) is 1.47. The summed E-state index contributed by atoms with van der Waals surface area (Å²) >= 11 is 0. The van der Waals surface area contributed by atoms with Gasteiger partial charge in [-0.25, -0.2) is 0 Å². The third-order valence-electron chi connectivity index (χ3n) is 5.55. The van der Waals surface area contributed by atoms with E-state index in [4.69, 9.17) is 14.2 Å². The van der Waals surface area contributed by atoms with Crippen LogP contribution >= 0.6 is 0 Å². The van der Waals surface area contributed by atoms with Crippen molar-refractivity contribution in [3.63, 3.8) is 0 Å². The molecule has 0 spiro atoms. The van der Waals surface area contributed by atoms with Crippen molar-refractivity contribution in [3.8, 4) is 11.5 Å². The van der Waals surface area contributed by atoms with E-state index in [2.05, 4.69) is 24.4 Å². The molecule has 0 aromatic heterocycles. The largest absolute Gasteiger partial charge is 0.494 e. The first-order valence-electron chi connectivity index (χ1n) is 10.4. The summed E-state index contributed by atoms with van der Waals surface area (Å²) in [6.07, 6.45) is 2.74. The number of hydrogen-bond donors (Lipinski definition) is 1. The summed E-state index contributed by atoms with van der Waals surface area (Å²) in [5.41, 5.74) is 2.33. The van der Waals surface area contributed by atoms with Crippen LogP contribution in [0.3, 0.4) is 0 Å². The quantitative estimate of drug-likeness (QED) is 0.697. The monoisotopic (exact) mass is 397 g/mol. The van der Waals surface area contributed by atoms with E-state index < -0.39 is 0 Å². The normalized spacial score (nSPS) is 15.5. The predicted molar refractivity (Wildman–Crippen MR) is 114 cm³/mol. The van der Waals surface area contributed by atoms with Gasteiger partial charge in [-0.1, -0.05) is 31.2 Å². The van der Waals surface area contributed by atoms with Crippen LogP contribution in [0.1, 0.15) is 37.8 Å². The second-order valence-corrected chi connectivity index (χ2v) is 7.41. The predicted octanol–water partition coefficient (Wildman–Crippen LogP) is 3.89. The van der Waals surface area contributed by atoms with E-state index in [-0.39, 0.29) is 17.9 Å². The molecule has 0 aliphatic carbocycles. The topological polar surface area (TPSA) is 56.8 Å². The Morgan fingerprint density at radius 2 is 1.59 bits per heavy atom. The van der Waals surface area contributed by atoms with Crippen LogP contribution in [0.15, 0.2) is 48.5 Å². The molecule has 1 saturated heterocycles. The zero-order chi connectivity index (χ0) is 20.5. The van der Waals surface area contributed by atoms with Crippen LogP contribution in [-0.2, 0) is 21.4 Å². The molecule has 29 heavy (non-hydrogen) atoms. The molecular weight excluding hydrogens is 366 g/mol. The van der Waals surface area contributed by atoms with Crippen LogP contribution in [0.4, 0.5) is 0 Å². The van der Waals surface area contributed by atoms with Gasteiger partial charge in [0, 0.05) is 25.2 Å². The standard InChI is InChI=1S/C24H31NO4/c1-3-19-5-9-22(10-6-19)29-17-23(26)25-18-24(13-15-27-16-14-24)20-7-11-21(12-8-20)28-4-2/h5-12H,3-4,13-18H2,1-2H3,(H,25,26). The molecule has 0 atom stereocenters. The Bertz CT molecular complexity index is 764. The Morgan fingerprint density at radius 1 is 0.966 bits per heavy atom. The van der Waals surface area contributed by atoms with Gasteiger partial charge in [0.25, 0.3) is 5.91 Å². The molecular formula is C24H31NO4. The van der Waals surface area contributed by atoms with Crippen molar-refractivity contribution in [2.45, 2.75) is 38.5 Å². The van der Waals surface area contributed by atoms with E-state index in [9.17, 15) is 4.79 Å². The Kier molecular flexibility index (Phi) is 7.53. The third-order valence-corrected chi connectivity index (χ3v) is 5.55. The number of hydrogen-bond acceptors (Lipinski definition) is 4. The average molecular weight is 398 g/mol. The number of aryl methyl sites for hydroxylation is 1. The molecule has 5 heteroatoms. The van der Waals surface area contributed by atoms with Crippen LogP contribution in [0.25, 0.3) is 0 Å². The second kappa shape index (κ2) is 10.3. The second-order valence-electron chi connectivity index (χ2n) is 7.41. The van der Waals surface area contributed by atoms with Crippen molar-refractivity contribution >= 4 is 5.91 Å². The maximum absolute atomic E-state index is 12.4. The lowest BCUT2D eigenvalue weighted by Gasteiger charge is -2.38. The third kappa shape index (κ3) is 5.73. The van der Waals surface area contributed by atoms with Gasteiger partial charge in [-0.2, -0.15) is 0 Å². The molecule has 5 nitrogen and oxygen atoms in total. The highest BCUT2D eigenvalue weighted by atomic mass is 16.5. The molecule has 1 aliphatic heterocycles. The molecule has 0 unspecified atom stereocenters. The zero-order valence-electron chi connectivity index (χ0n) is 17.4. The Hall–Kier alpha value is -2.53. The maximum atomic E-state index is 12.4. The number of ether oxygens (including phenoxy) is 3. The highest BCUT2D eigenvalue weighted by molar-refractivity contribution is 5.77. The van der Waals surface area contributed by atoms with Gasteiger partial charge in [0.2, 0.25) is 0 Å². The SMILES string of the molecule is CCOc1ccc(C2(CNC(=O)COc3ccc(CC)cc3)CCOCC2)cc1. The van der Waals surface area contributed by atoms with E-state index in [1.807, 2.05) is 43.3 Å². The lowest BCUT2D eigenvalue weighted by Crippen LogP contribution is -2.45. The molecule has 2 aromatic rings. The van der Waals surface area contributed by atoms with E-state index in [0.29, 0.717) is 32.1 Å². The molecule has 2 aromatic carbocycles. The fourth-order valence-electron chi connectivity index (χ4n) is 3.69. The zero-order valence-corrected chi connectivity index (χ0v) is 17.4. The van der Waals surface area contributed by atoms with Gasteiger partial charge in [-0.15, -0.1) is 0 Å². The van der Waals surface area contributed by atoms with Crippen LogP contribution in [-0.4, -0.2) is 38.9 Å². The van der Waals surface area contributed by atoms with Crippen molar-refractivity contribution in [2.75, 3.05) is 33.0 Å². The summed E-state index contributed by atoms with van der Waals surface area (Å²) in [6.45, 7) is 6.72. The molecule has 1 aliphatic rings. The Balaban J connectivity index is 1.58. The van der Waals surface area contributed by atoms with Crippen LogP contribution in [0.2, 0.25) is 0 Å². The molecule has 3 rings (SSSR count). The van der Waals surface area contributed by atoms with Gasteiger partial charge in [-0.05, 0) is 61.6 Å². The van der Waals surface area contributed by atoms with E-state index >= 15 is 0 Å². The summed E-state index contributed by atoms with van der Waals surface area (Å²) in [6, 6.07) is 16.1. The molecule has 156 valence electrons. The van der Waals surface area contributed by atoms with E-state index in [0.717, 1.165) is 25.0 Å². The Labute approximate surface area is 173 Å².